The zero-order valence-corrected chi connectivity index (χ0v) is 14.0. The van der Waals surface area contributed by atoms with Gasteiger partial charge >= 0.3 is 6.09 Å². The topological polar surface area (TPSA) is 45.7 Å². The Morgan fingerprint density at radius 2 is 2.23 bits per heavy atom. The SMILES string of the molecule is CN(C(=O)OC(C)(C)C)[C@H]1CCN(c2ccnc(Cl)c2F)C1. The van der Waals surface area contributed by atoms with Crippen LogP contribution in [0.25, 0.3) is 0 Å². The van der Waals surface area contributed by atoms with Crippen molar-refractivity contribution in [3.63, 3.8) is 0 Å². The van der Waals surface area contributed by atoms with Crippen LogP contribution in [0.3, 0.4) is 0 Å². The van der Waals surface area contributed by atoms with Crippen molar-refractivity contribution in [2.45, 2.75) is 38.8 Å². The van der Waals surface area contributed by atoms with E-state index in [-0.39, 0.29) is 17.3 Å². The molecule has 122 valence electrons. The highest BCUT2D eigenvalue weighted by Gasteiger charge is 2.32. The van der Waals surface area contributed by atoms with Gasteiger partial charge in [-0.3, -0.25) is 0 Å². The molecule has 1 saturated heterocycles. The molecule has 1 aliphatic rings. The number of hydrogen-bond donors (Lipinski definition) is 0. The van der Waals surface area contributed by atoms with Crippen molar-refractivity contribution in [3.8, 4) is 0 Å². The quantitative estimate of drug-likeness (QED) is 0.781. The summed E-state index contributed by atoms with van der Waals surface area (Å²) in [5.41, 5.74) is -0.117. The van der Waals surface area contributed by atoms with E-state index >= 15 is 0 Å². The minimum Gasteiger partial charge on any atom is -0.444 e. The van der Waals surface area contributed by atoms with Gasteiger partial charge in [-0.15, -0.1) is 0 Å². The van der Waals surface area contributed by atoms with Crippen molar-refractivity contribution in [1.29, 1.82) is 0 Å². The van der Waals surface area contributed by atoms with Gasteiger partial charge in [0, 0.05) is 26.3 Å². The summed E-state index contributed by atoms with van der Waals surface area (Å²) in [5, 5.41) is -0.138. The molecule has 0 unspecified atom stereocenters. The molecule has 0 radical (unpaired) electrons. The van der Waals surface area contributed by atoms with Gasteiger partial charge in [0.1, 0.15) is 5.60 Å². The second-order valence-corrected chi connectivity index (χ2v) is 6.77. The maximum atomic E-state index is 14.0. The molecule has 0 saturated carbocycles. The minimum absolute atomic E-state index is 0.0267. The molecule has 22 heavy (non-hydrogen) atoms. The van der Waals surface area contributed by atoms with E-state index in [1.54, 1.807) is 18.0 Å². The van der Waals surface area contributed by atoms with Crippen LogP contribution < -0.4 is 4.90 Å². The average molecular weight is 330 g/mol. The third-order valence-electron chi connectivity index (χ3n) is 3.56. The normalized spacial score (nSPS) is 18.5. The van der Waals surface area contributed by atoms with Gasteiger partial charge in [0.2, 0.25) is 0 Å². The van der Waals surface area contributed by atoms with Gasteiger partial charge in [-0.1, -0.05) is 11.6 Å². The van der Waals surface area contributed by atoms with E-state index < -0.39 is 11.4 Å². The fourth-order valence-corrected chi connectivity index (χ4v) is 2.57. The summed E-state index contributed by atoms with van der Waals surface area (Å²) in [6, 6.07) is 1.57. The third kappa shape index (κ3) is 3.80. The van der Waals surface area contributed by atoms with E-state index in [0.29, 0.717) is 18.8 Å². The number of halogens is 2. The maximum Gasteiger partial charge on any atom is 0.410 e. The van der Waals surface area contributed by atoms with Crippen LogP contribution in [0, 0.1) is 5.82 Å². The highest BCUT2D eigenvalue weighted by molar-refractivity contribution is 6.29. The van der Waals surface area contributed by atoms with Gasteiger partial charge in [-0.05, 0) is 33.3 Å². The van der Waals surface area contributed by atoms with Crippen LogP contribution >= 0.6 is 11.6 Å². The largest absolute Gasteiger partial charge is 0.444 e. The fraction of sp³-hybridized carbons (Fsp3) is 0.600. The molecule has 5 nitrogen and oxygen atoms in total. The van der Waals surface area contributed by atoms with Crippen LogP contribution in [-0.2, 0) is 4.74 Å². The number of rotatable bonds is 2. The number of ether oxygens (including phenoxy) is 1. The molecule has 1 atom stereocenters. The van der Waals surface area contributed by atoms with Gasteiger partial charge in [0.25, 0.3) is 0 Å². The number of likely N-dealkylation sites (N-methyl/N-ethyl adjacent to an activating group) is 1. The van der Waals surface area contributed by atoms with Crippen LogP contribution in [0.15, 0.2) is 12.3 Å². The molecular weight excluding hydrogens is 309 g/mol. The molecule has 7 heteroatoms. The first-order chi connectivity index (χ1) is 10.2. The van der Waals surface area contributed by atoms with E-state index in [1.807, 2.05) is 25.7 Å². The monoisotopic (exact) mass is 329 g/mol. The Balaban J connectivity index is 2.03. The van der Waals surface area contributed by atoms with Crippen molar-refractivity contribution in [1.82, 2.24) is 9.88 Å². The number of carbonyl (C=O) groups is 1. The first-order valence-corrected chi connectivity index (χ1v) is 7.57. The lowest BCUT2D eigenvalue weighted by atomic mass is 10.2. The molecule has 0 N–H and O–H groups in total. The molecule has 1 aliphatic heterocycles. The van der Waals surface area contributed by atoms with Gasteiger partial charge in [0.15, 0.2) is 11.0 Å². The Morgan fingerprint density at radius 1 is 1.55 bits per heavy atom. The lowest BCUT2D eigenvalue weighted by Crippen LogP contribution is -2.42. The summed E-state index contributed by atoms with van der Waals surface area (Å²) in [6.45, 7) is 6.66. The van der Waals surface area contributed by atoms with Gasteiger partial charge in [0.05, 0.1) is 11.7 Å². The van der Waals surface area contributed by atoms with Gasteiger partial charge in [-0.25, -0.2) is 14.2 Å². The summed E-state index contributed by atoms with van der Waals surface area (Å²) in [4.78, 5) is 19.2. The first kappa shape index (κ1) is 16.8. The Bertz CT molecular complexity index is 562. The Hall–Kier alpha value is -1.56. The van der Waals surface area contributed by atoms with E-state index in [9.17, 15) is 9.18 Å². The molecule has 0 bridgehead atoms. The highest BCUT2D eigenvalue weighted by Crippen LogP contribution is 2.28. The van der Waals surface area contributed by atoms with Crippen molar-refractivity contribution in [3.05, 3.63) is 23.2 Å². The van der Waals surface area contributed by atoms with E-state index in [0.717, 1.165) is 6.42 Å². The Kier molecular flexibility index (Phi) is 4.80. The predicted octanol–water partition coefficient (Wildman–Crippen LogP) is 3.32. The summed E-state index contributed by atoms with van der Waals surface area (Å²) >= 11 is 5.72. The number of anilines is 1. The molecular formula is C15H21ClFN3O2. The Labute approximate surface area is 135 Å². The number of pyridine rings is 1. The zero-order valence-electron chi connectivity index (χ0n) is 13.3. The first-order valence-electron chi connectivity index (χ1n) is 7.20. The lowest BCUT2D eigenvalue weighted by molar-refractivity contribution is 0.0238. The maximum absolute atomic E-state index is 14.0. The molecule has 1 fully saturated rings. The number of aromatic nitrogens is 1. The molecule has 0 aliphatic carbocycles. The lowest BCUT2D eigenvalue weighted by Gasteiger charge is -2.28. The summed E-state index contributed by atoms with van der Waals surface area (Å²) < 4.78 is 19.4. The van der Waals surface area contributed by atoms with E-state index in [2.05, 4.69) is 4.98 Å². The highest BCUT2D eigenvalue weighted by atomic mass is 35.5. The second-order valence-electron chi connectivity index (χ2n) is 6.41. The molecule has 0 aromatic carbocycles. The molecule has 2 heterocycles. The standard InChI is InChI=1S/C15H21ClFN3O2/c1-15(2,3)22-14(21)19(4)10-6-8-20(9-10)11-5-7-18-13(16)12(11)17/h5,7,10H,6,8-9H2,1-4H3/t10-/m0/s1. The molecule has 2 rings (SSSR count). The molecule has 1 aromatic heterocycles. The second kappa shape index (κ2) is 6.28. The van der Waals surface area contributed by atoms with Crippen molar-refractivity contribution in [2.24, 2.45) is 0 Å². The van der Waals surface area contributed by atoms with Crippen LogP contribution in [0.5, 0.6) is 0 Å². The number of nitrogens with zero attached hydrogens (tertiary/aromatic N) is 3. The summed E-state index contributed by atoms with van der Waals surface area (Å²) in [7, 11) is 1.71. The average Bonchev–Trinajstić information content (AvgIpc) is 2.88. The number of carbonyl (C=O) groups excluding carboxylic acids is 1. The predicted molar refractivity (Wildman–Crippen MR) is 83.8 cm³/mol. The smallest absolute Gasteiger partial charge is 0.410 e. The van der Waals surface area contributed by atoms with Crippen LogP contribution in [-0.4, -0.2) is 47.8 Å². The summed E-state index contributed by atoms with van der Waals surface area (Å²) in [5.74, 6) is -0.523. The zero-order chi connectivity index (χ0) is 16.5. The van der Waals surface area contributed by atoms with Gasteiger partial charge < -0.3 is 14.5 Å². The van der Waals surface area contributed by atoms with E-state index in [4.69, 9.17) is 16.3 Å². The number of hydrogen-bond acceptors (Lipinski definition) is 4. The van der Waals surface area contributed by atoms with Crippen molar-refractivity contribution in [2.75, 3.05) is 25.0 Å². The van der Waals surface area contributed by atoms with Crippen LogP contribution in [0.2, 0.25) is 5.15 Å². The molecule has 0 spiro atoms. The van der Waals surface area contributed by atoms with Crippen LogP contribution in [0.1, 0.15) is 27.2 Å². The fourth-order valence-electron chi connectivity index (χ4n) is 2.41. The van der Waals surface area contributed by atoms with E-state index in [1.165, 1.54) is 6.20 Å². The molecule has 1 amide bonds. The number of amides is 1. The van der Waals surface area contributed by atoms with Crippen molar-refractivity contribution < 1.29 is 13.9 Å². The van der Waals surface area contributed by atoms with Gasteiger partial charge in [-0.2, -0.15) is 0 Å². The Morgan fingerprint density at radius 3 is 2.86 bits per heavy atom. The van der Waals surface area contributed by atoms with Crippen LogP contribution in [0.4, 0.5) is 14.9 Å². The summed E-state index contributed by atoms with van der Waals surface area (Å²) in [6.07, 6.45) is 1.86. The third-order valence-corrected chi connectivity index (χ3v) is 3.82. The van der Waals surface area contributed by atoms with Crippen molar-refractivity contribution >= 4 is 23.4 Å². The minimum atomic E-state index is -0.533. The molecule has 1 aromatic rings.